The van der Waals surface area contributed by atoms with Crippen molar-refractivity contribution in [3.63, 3.8) is 0 Å². The van der Waals surface area contributed by atoms with Gasteiger partial charge in [0, 0.05) is 19.3 Å². The van der Waals surface area contributed by atoms with Crippen LogP contribution in [0.5, 0.6) is 0 Å². The summed E-state index contributed by atoms with van der Waals surface area (Å²) in [5.41, 5.74) is 0. The fraction of sp³-hybridized carbons (Fsp3) is 0.627. The lowest BCUT2D eigenvalue weighted by atomic mass is 9.98. The summed E-state index contributed by atoms with van der Waals surface area (Å²) in [6, 6.07) is 0. The fourth-order valence-electron chi connectivity index (χ4n) is 7.25. The Kier molecular flexibility index (Phi) is 42.1. The van der Waals surface area contributed by atoms with Gasteiger partial charge in [0.25, 0.3) is 0 Å². The van der Waals surface area contributed by atoms with Crippen LogP contribution in [0.4, 0.5) is 0 Å². The van der Waals surface area contributed by atoms with Crippen molar-refractivity contribution in [3.05, 3.63) is 109 Å². The topological polar surface area (TPSA) is 175 Å². The summed E-state index contributed by atoms with van der Waals surface area (Å²) in [7, 11) is 0. The highest BCUT2D eigenvalue weighted by Crippen LogP contribution is 2.26. The number of aliphatic carboxylic acids is 1. The molecular weight excluding hydrogens is 901 g/mol. The highest BCUT2D eigenvalue weighted by Gasteiger charge is 2.50. The third kappa shape index (κ3) is 36.9. The van der Waals surface area contributed by atoms with Gasteiger partial charge in [-0.05, 0) is 109 Å². The number of aliphatic hydroxyl groups excluding tert-OH is 2. The van der Waals surface area contributed by atoms with E-state index in [-0.39, 0.29) is 25.9 Å². The maximum absolute atomic E-state index is 13.0. The van der Waals surface area contributed by atoms with E-state index in [1.54, 1.807) is 0 Å². The van der Waals surface area contributed by atoms with Gasteiger partial charge in [0.1, 0.15) is 18.8 Å². The van der Waals surface area contributed by atoms with Gasteiger partial charge in [-0.15, -0.1) is 0 Å². The van der Waals surface area contributed by atoms with Gasteiger partial charge in [-0.25, -0.2) is 4.79 Å². The second-order valence-electron chi connectivity index (χ2n) is 17.7. The summed E-state index contributed by atoms with van der Waals surface area (Å²) < 4.78 is 28.2. The van der Waals surface area contributed by atoms with Crippen molar-refractivity contribution in [2.24, 2.45) is 0 Å². The van der Waals surface area contributed by atoms with Crippen molar-refractivity contribution < 1.29 is 58.2 Å². The van der Waals surface area contributed by atoms with E-state index in [1.807, 2.05) is 18.2 Å². The van der Waals surface area contributed by atoms with Crippen LogP contribution in [-0.2, 0) is 42.9 Å². The summed E-state index contributed by atoms with van der Waals surface area (Å²) in [4.78, 5) is 50.9. The molecule has 1 heterocycles. The SMILES string of the molecule is CC/C=C\C/C=C\C/C=C\C/C=C\CCCCC(=O)OCC(COC1OC(C(=O)O)C(O)C(O)C1OC(=O)CCCCCCC/C=C\CCCCCC)OC(=O)CC/C=C\C/C=C\C/C=C\C/C=C\CC. The average molecular weight is 993 g/mol. The summed E-state index contributed by atoms with van der Waals surface area (Å²) >= 11 is 0. The van der Waals surface area contributed by atoms with Crippen molar-refractivity contribution in [3.8, 4) is 0 Å². The molecule has 0 radical (unpaired) electrons. The number of aliphatic hydroxyl groups is 2. The van der Waals surface area contributed by atoms with Crippen LogP contribution in [0.3, 0.4) is 0 Å². The van der Waals surface area contributed by atoms with Crippen LogP contribution in [0, 0.1) is 0 Å². The third-order valence-corrected chi connectivity index (χ3v) is 11.3. The van der Waals surface area contributed by atoms with Crippen LogP contribution in [0.25, 0.3) is 0 Å². The summed E-state index contributed by atoms with van der Waals surface area (Å²) in [5.74, 6) is -3.32. The van der Waals surface area contributed by atoms with Crippen molar-refractivity contribution in [2.75, 3.05) is 13.2 Å². The molecule has 1 rings (SSSR count). The molecule has 0 aliphatic carbocycles. The van der Waals surface area contributed by atoms with Gasteiger partial charge in [0.2, 0.25) is 0 Å². The zero-order valence-corrected chi connectivity index (χ0v) is 43.7. The fourth-order valence-corrected chi connectivity index (χ4v) is 7.25. The first-order valence-corrected chi connectivity index (χ1v) is 26.9. The monoisotopic (exact) mass is 993 g/mol. The Balaban J connectivity index is 2.81. The first-order chi connectivity index (χ1) is 34.6. The maximum atomic E-state index is 13.0. The van der Waals surface area contributed by atoms with Crippen molar-refractivity contribution in [1.82, 2.24) is 0 Å². The number of hydrogen-bond donors (Lipinski definition) is 3. The van der Waals surface area contributed by atoms with Crippen molar-refractivity contribution in [1.29, 1.82) is 0 Å². The molecule has 6 unspecified atom stereocenters. The van der Waals surface area contributed by atoms with Crippen LogP contribution in [0.15, 0.2) is 109 Å². The Labute approximate surface area is 427 Å². The molecule has 0 aromatic carbocycles. The smallest absolute Gasteiger partial charge is 0.335 e. The summed E-state index contributed by atoms with van der Waals surface area (Å²) in [5, 5.41) is 31.4. The Morgan fingerprint density at radius 3 is 1.45 bits per heavy atom. The molecule has 0 aromatic heterocycles. The van der Waals surface area contributed by atoms with Gasteiger partial charge < -0.3 is 39.0 Å². The number of carboxylic acid groups (broad SMARTS) is 1. The molecule has 1 fully saturated rings. The average Bonchev–Trinajstić information content (AvgIpc) is 3.35. The second kappa shape index (κ2) is 46.5. The first kappa shape index (κ1) is 64.4. The number of carbonyl (C=O) groups excluding carboxylic acids is 3. The Morgan fingerprint density at radius 2 is 0.915 bits per heavy atom. The van der Waals surface area contributed by atoms with Crippen LogP contribution in [0.1, 0.15) is 188 Å². The standard InChI is InChI=1S/C59H92O12/c1-4-7-10-13-16-19-22-25-26-29-30-33-36-39-42-45-51(60)67-48-50(69-52(61)46-43-40-37-34-31-27-23-20-17-14-11-8-5-2)49-68-59-57(55(64)54(63)56(71-59)58(65)66)70-53(62)47-44-41-38-35-32-28-24-21-18-15-12-9-6-3/h7-8,10-11,16-17,19-21,24-27,30-31,33,37,40,50,54-57,59,63-64H,4-6,9,12-15,18,22-23,28-29,32,34-36,38-39,41-49H2,1-3H3,(H,65,66)/b10-7-,11-8-,19-16-,20-17-,24-21-,26-25-,31-27-,33-30-,40-37-. The molecule has 0 spiro atoms. The van der Waals surface area contributed by atoms with Gasteiger partial charge in [0.15, 0.2) is 24.6 Å². The van der Waals surface area contributed by atoms with E-state index < -0.39 is 67.3 Å². The minimum atomic E-state index is -1.92. The predicted molar refractivity (Wildman–Crippen MR) is 284 cm³/mol. The number of carboxylic acids is 1. The number of unbranched alkanes of at least 4 members (excludes halogenated alkanes) is 11. The highest BCUT2D eigenvalue weighted by molar-refractivity contribution is 5.74. The second-order valence-corrected chi connectivity index (χ2v) is 17.7. The molecule has 1 aliphatic heterocycles. The summed E-state index contributed by atoms with van der Waals surface area (Å²) in [6.45, 7) is 5.60. The molecule has 0 bridgehead atoms. The van der Waals surface area contributed by atoms with Crippen molar-refractivity contribution in [2.45, 2.75) is 225 Å². The van der Waals surface area contributed by atoms with Crippen molar-refractivity contribution >= 4 is 23.9 Å². The Bertz CT molecular complexity index is 1650. The van der Waals surface area contributed by atoms with Gasteiger partial charge in [-0.3, -0.25) is 14.4 Å². The van der Waals surface area contributed by atoms with Crippen LogP contribution in [-0.4, -0.2) is 89.2 Å². The maximum Gasteiger partial charge on any atom is 0.335 e. The van der Waals surface area contributed by atoms with E-state index in [4.69, 9.17) is 23.7 Å². The Morgan fingerprint density at radius 1 is 0.479 bits per heavy atom. The molecule has 0 aromatic rings. The molecule has 1 aliphatic rings. The largest absolute Gasteiger partial charge is 0.479 e. The van der Waals surface area contributed by atoms with Gasteiger partial charge in [-0.2, -0.15) is 0 Å². The van der Waals surface area contributed by atoms with E-state index in [1.165, 1.54) is 25.7 Å². The number of esters is 3. The molecule has 1 saturated heterocycles. The Hall–Kier alpha value is -4.62. The molecule has 6 atom stereocenters. The van der Waals surface area contributed by atoms with Gasteiger partial charge >= 0.3 is 23.9 Å². The first-order valence-electron chi connectivity index (χ1n) is 26.9. The van der Waals surface area contributed by atoms with Crippen LogP contribution in [0.2, 0.25) is 0 Å². The molecule has 3 N–H and O–H groups in total. The summed E-state index contributed by atoms with van der Waals surface area (Å²) in [6.07, 6.45) is 49.5. The lowest BCUT2D eigenvalue weighted by Gasteiger charge is -2.40. The van der Waals surface area contributed by atoms with E-state index >= 15 is 0 Å². The predicted octanol–water partition coefficient (Wildman–Crippen LogP) is 13.1. The number of rotatable bonds is 43. The zero-order chi connectivity index (χ0) is 51.8. The van der Waals surface area contributed by atoms with E-state index in [9.17, 15) is 34.5 Å². The van der Waals surface area contributed by atoms with Gasteiger partial charge in [0.05, 0.1) is 6.61 Å². The molecule has 0 saturated carbocycles. The van der Waals surface area contributed by atoms with Crippen LogP contribution < -0.4 is 0 Å². The van der Waals surface area contributed by atoms with E-state index in [0.29, 0.717) is 25.7 Å². The van der Waals surface area contributed by atoms with Gasteiger partial charge in [-0.1, -0.05) is 169 Å². The lowest BCUT2D eigenvalue weighted by Crippen LogP contribution is -2.61. The zero-order valence-electron chi connectivity index (χ0n) is 43.7. The number of allylic oxidation sites excluding steroid dienone is 18. The normalized spacial score (nSPS) is 19.4. The molecule has 71 heavy (non-hydrogen) atoms. The lowest BCUT2D eigenvalue weighted by molar-refractivity contribution is -0.301. The third-order valence-electron chi connectivity index (χ3n) is 11.3. The number of ether oxygens (including phenoxy) is 5. The molecule has 12 nitrogen and oxygen atoms in total. The number of hydrogen-bond acceptors (Lipinski definition) is 11. The minimum absolute atomic E-state index is 0.0262. The highest BCUT2D eigenvalue weighted by atomic mass is 16.7. The molecule has 12 heteroatoms. The molecule has 0 amide bonds. The van der Waals surface area contributed by atoms with Crippen LogP contribution >= 0.6 is 0 Å². The van der Waals surface area contributed by atoms with E-state index in [2.05, 4.69) is 112 Å². The quantitative estimate of drug-likeness (QED) is 0.0229. The van der Waals surface area contributed by atoms with E-state index in [0.717, 1.165) is 96.3 Å². The molecule has 400 valence electrons. The molecular formula is C59H92O12. The number of carbonyl (C=O) groups is 4. The minimum Gasteiger partial charge on any atom is -0.479 e.